The summed E-state index contributed by atoms with van der Waals surface area (Å²) in [7, 11) is 0. The number of hydrogen-bond donors (Lipinski definition) is 0. The molecule has 2 aromatic rings. The molecule has 9 heteroatoms. The fraction of sp³-hybridized carbons (Fsp3) is 0.312. The molecule has 1 unspecified atom stereocenters. The number of likely N-dealkylation sites (tertiary alicyclic amines) is 1. The van der Waals surface area contributed by atoms with E-state index in [1.54, 1.807) is 11.0 Å². The molecule has 1 fully saturated rings. The standard InChI is InChI=1S/C16H15FN4O4/c17-12-8-18-16(19-9-12)25-14-5-2-6-20(10-14)15(22)11-3-1-4-13(7-11)21(23)24/h1,3-4,7-9,14H,2,5-6,10H2. The van der Waals surface area contributed by atoms with Crippen LogP contribution in [-0.2, 0) is 0 Å². The summed E-state index contributed by atoms with van der Waals surface area (Å²) in [6.07, 6.45) is 3.13. The summed E-state index contributed by atoms with van der Waals surface area (Å²) in [4.78, 5) is 32.0. The SMILES string of the molecule is O=C(c1cccc([N+](=O)[O-])c1)N1CCCC(Oc2ncc(F)cn2)C1. The zero-order chi connectivity index (χ0) is 17.8. The van der Waals surface area contributed by atoms with E-state index in [0.29, 0.717) is 25.9 Å². The summed E-state index contributed by atoms with van der Waals surface area (Å²) in [6, 6.07) is 5.68. The van der Waals surface area contributed by atoms with Crippen molar-refractivity contribution < 1.29 is 18.8 Å². The minimum Gasteiger partial charge on any atom is -0.458 e. The summed E-state index contributed by atoms with van der Waals surface area (Å²) in [6.45, 7) is 0.841. The Bertz CT molecular complexity index is 784. The van der Waals surface area contributed by atoms with E-state index in [-0.39, 0.29) is 29.3 Å². The molecule has 0 spiro atoms. The Morgan fingerprint density at radius 2 is 2.12 bits per heavy atom. The van der Waals surface area contributed by atoms with Gasteiger partial charge in [-0.2, -0.15) is 0 Å². The highest BCUT2D eigenvalue weighted by Gasteiger charge is 2.27. The molecule has 1 aliphatic heterocycles. The molecule has 130 valence electrons. The predicted molar refractivity (Wildman–Crippen MR) is 84.6 cm³/mol. The molecule has 1 aromatic carbocycles. The number of aromatic nitrogens is 2. The Hall–Kier alpha value is -3.10. The number of amides is 1. The molecule has 0 bridgehead atoms. The Balaban J connectivity index is 1.68. The van der Waals surface area contributed by atoms with Crippen LogP contribution in [0.2, 0.25) is 0 Å². The van der Waals surface area contributed by atoms with Crippen molar-refractivity contribution in [1.82, 2.24) is 14.9 Å². The van der Waals surface area contributed by atoms with Crippen LogP contribution in [0.3, 0.4) is 0 Å². The number of rotatable bonds is 4. The number of halogens is 1. The third-order valence-corrected chi connectivity index (χ3v) is 3.84. The lowest BCUT2D eigenvalue weighted by Crippen LogP contribution is -2.44. The van der Waals surface area contributed by atoms with Gasteiger partial charge >= 0.3 is 6.01 Å². The molecule has 0 N–H and O–H groups in total. The lowest BCUT2D eigenvalue weighted by molar-refractivity contribution is -0.384. The van der Waals surface area contributed by atoms with Gasteiger partial charge in [0.1, 0.15) is 6.10 Å². The fourth-order valence-corrected chi connectivity index (χ4v) is 2.66. The quantitative estimate of drug-likeness (QED) is 0.622. The smallest absolute Gasteiger partial charge is 0.316 e. The second-order valence-corrected chi connectivity index (χ2v) is 5.62. The topological polar surface area (TPSA) is 98.5 Å². The van der Waals surface area contributed by atoms with Gasteiger partial charge < -0.3 is 9.64 Å². The van der Waals surface area contributed by atoms with Crippen molar-refractivity contribution in [2.24, 2.45) is 0 Å². The van der Waals surface area contributed by atoms with Crippen LogP contribution in [-0.4, -0.2) is 44.9 Å². The molecule has 1 aliphatic rings. The number of ether oxygens (including phenoxy) is 1. The van der Waals surface area contributed by atoms with Crippen LogP contribution in [0, 0.1) is 15.9 Å². The van der Waals surface area contributed by atoms with E-state index in [9.17, 15) is 19.3 Å². The van der Waals surface area contributed by atoms with E-state index in [2.05, 4.69) is 9.97 Å². The fourth-order valence-electron chi connectivity index (χ4n) is 2.66. The molecule has 1 atom stereocenters. The Morgan fingerprint density at radius 3 is 2.84 bits per heavy atom. The normalized spacial score (nSPS) is 17.2. The summed E-state index contributed by atoms with van der Waals surface area (Å²) in [5, 5.41) is 10.9. The number of non-ortho nitro benzene ring substituents is 1. The van der Waals surface area contributed by atoms with Crippen LogP contribution in [0.5, 0.6) is 6.01 Å². The van der Waals surface area contributed by atoms with Crippen LogP contribution >= 0.6 is 0 Å². The van der Waals surface area contributed by atoms with Gasteiger partial charge in [-0.15, -0.1) is 0 Å². The first-order valence-corrected chi connectivity index (χ1v) is 7.71. The number of nitro benzene ring substituents is 1. The third kappa shape index (κ3) is 4.06. The van der Waals surface area contributed by atoms with Crippen molar-refractivity contribution in [2.45, 2.75) is 18.9 Å². The number of carbonyl (C=O) groups excluding carboxylic acids is 1. The molecule has 0 radical (unpaired) electrons. The molecule has 0 aliphatic carbocycles. The molecule has 3 rings (SSSR count). The Labute approximate surface area is 142 Å². The van der Waals surface area contributed by atoms with Gasteiger partial charge in [-0.3, -0.25) is 14.9 Å². The molecular formula is C16H15FN4O4. The molecule has 0 saturated carbocycles. The zero-order valence-electron chi connectivity index (χ0n) is 13.2. The van der Waals surface area contributed by atoms with E-state index in [4.69, 9.17) is 4.74 Å². The first-order chi connectivity index (χ1) is 12.0. The Kier molecular flexibility index (Phi) is 4.82. The number of carbonyl (C=O) groups is 1. The maximum atomic E-state index is 12.8. The summed E-state index contributed by atoms with van der Waals surface area (Å²) >= 11 is 0. The zero-order valence-corrected chi connectivity index (χ0v) is 13.2. The maximum absolute atomic E-state index is 12.8. The summed E-state index contributed by atoms with van der Waals surface area (Å²) < 4.78 is 18.4. The number of nitro groups is 1. The number of hydrogen-bond acceptors (Lipinski definition) is 6. The van der Waals surface area contributed by atoms with Crippen molar-refractivity contribution >= 4 is 11.6 Å². The van der Waals surface area contributed by atoms with Crippen molar-refractivity contribution in [2.75, 3.05) is 13.1 Å². The second-order valence-electron chi connectivity index (χ2n) is 5.62. The highest BCUT2D eigenvalue weighted by atomic mass is 19.1. The van der Waals surface area contributed by atoms with Crippen LogP contribution in [0.25, 0.3) is 0 Å². The van der Waals surface area contributed by atoms with Crippen LogP contribution in [0.15, 0.2) is 36.7 Å². The van der Waals surface area contributed by atoms with E-state index in [1.807, 2.05) is 0 Å². The monoisotopic (exact) mass is 346 g/mol. The van der Waals surface area contributed by atoms with E-state index in [0.717, 1.165) is 12.4 Å². The molecule has 2 heterocycles. The van der Waals surface area contributed by atoms with Gasteiger partial charge in [-0.05, 0) is 18.9 Å². The lowest BCUT2D eigenvalue weighted by atomic mass is 10.1. The van der Waals surface area contributed by atoms with Crippen molar-refractivity contribution in [1.29, 1.82) is 0 Å². The second kappa shape index (κ2) is 7.20. The van der Waals surface area contributed by atoms with Gasteiger partial charge in [-0.1, -0.05) is 6.07 Å². The van der Waals surface area contributed by atoms with Gasteiger partial charge in [0.2, 0.25) is 0 Å². The van der Waals surface area contributed by atoms with E-state index in [1.165, 1.54) is 18.2 Å². The van der Waals surface area contributed by atoms with Crippen molar-refractivity contribution in [3.8, 4) is 6.01 Å². The molecule has 8 nitrogen and oxygen atoms in total. The molecule has 25 heavy (non-hydrogen) atoms. The number of piperidine rings is 1. The van der Waals surface area contributed by atoms with Gasteiger partial charge in [0.25, 0.3) is 11.6 Å². The lowest BCUT2D eigenvalue weighted by Gasteiger charge is -2.32. The van der Waals surface area contributed by atoms with Gasteiger partial charge in [0, 0.05) is 24.2 Å². The number of nitrogens with zero attached hydrogens (tertiary/aromatic N) is 4. The van der Waals surface area contributed by atoms with Gasteiger partial charge in [0.05, 0.1) is 23.9 Å². The average molecular weight is 346 g/mol. The highest BCUT2D eigenvalue weighted by Crippen LogP contribution is 2.19. The van der Waals surface area contributed by atoms with Crippen molar-refractivity contribution in [3.05, 3.63) is 58.2 Å². The maximum Gasteiger partial charge on any atom is 0.316 e. The van der Waals surface area contributed by atoms with E-state index < -0.39 is 10.7 Å². The molecule has 1 amide bonds. The third-order valence-electron chi connectivity index (χ3n) is 3.84. The summed E-state index contributed by atoms with van der Waals surface area (Å²) in [5.74, 6) is -0.851. The van der Waals surface area contributed by atoms with Crippen LogP contribution in [0.4, 0.5) is 10.1 Å². The summed E-state index contributed by atoms with van der Waals surface area (Å²) in [5.41, 5.74) is 0.128. The van der Waals surface area contributed by atoms with Crippen LogP contribution < -0.4 is 4.74 Å². The first-order valence-electron chi connectivity index (χ1n) is 7.71. The largest absolute Gasteiger partial charge is 0.458 e. The number of benzene rings is 1. The molecular weight excluding hydrogens is 331 g/mol. The highest BCUT2D eigenvalue weighted by molar-refractivity contribution is 5.94. The van der Waals surface area contributed by atoms with Gasteiger partial charge in [0.15, 0.2) is 5.82 Å². The Morgan fingerprint density at radius 1 is 1.36 bits per heavy atom. The average Bonchev–Trinajstić information content (AvgIpc) is 2.63. The van der Waals surface area contributed by atoms with E-state index >= 15 is 0 Å². The minimum absolute atomic E-state index is 0.0519. The predicted octanol–water partition coefficient (Wildman–Crippen LogP) is 2.21. The van der Waals surface area contributed by atoms with Gasteiger partial charge in [-0.25, -0.2) is 14.4 Å². The van der Waals surface area contributed by atoms with Crippen molar-refractivity contribution in [3.63, 3.8) is 0 Å². The molecule has 1 aromatic heterocycles. The minimum atomic E-state index is -0.557. The molecule has 1 saturated heterocycles. The van der Waals surface area contributed by atoms with Crippen LogP contribution in [0.1, 0.15) is 23.2 Å². The first kappa shape index (κ1) is 16.7.